The number of sulfone groups is 1. The van der Waals surface area contributed by atoms with E-state index in [2.05, 4.69) is 5.32 Å². The lowest BCUT2D eigenvalue weighted by Crippen LogP contribution is -2.30. The number of benzene rings is 1. The van der Waals surface area contributed by atoms with E-state index in [1.807, 2.05) is 0 Å². The van der Waals surface area contributed by atoms with E-state index in [0.717, 1.165) is 0 Å². The maximum Gasteiger partial charge on any atom is 0.316 e. The number of thioether (sulfide) groups is 1. The molecule has 1 heterocycles. The van der Waals surface area contributed by atoms with Gasteiger partial charge in [-0.2, -0.15) is 0 Å². The SMILES string of the molecule is C[C@@H](OC(=O)CS[C@H]1CCS(=O)(=O)C1)C(=O)Nc1ccc(Cl)cc1. The normalized spacial score (nSPS) is 20.3. The van der Waals surface area contributed by atoms with Gasteiger partial charge in [0.25, 0.3) is 5.91 Å². The second-order valence-electron chi connectivity index (χ2n) is 5.46. The van der Waals surface area contributed by atoms with Gasteiger partial charge in [-0.3, -0.25) is 9.59 Å². The van der Waals surface area contributed by atoms with E-state index in [0.29, 0.717) is 17.1 Å². The van der Waals surface area contributed by atoms with Crippen LogP contribution in [-0.4, -0.2) is 48.9 Å². The molecule has 1 aliphatic heterocycles. The number of anilines is 1. The third-order valence-electron chi connectivity index (χ3n) is 3.42. The van der Waals surface area contributed by atoms with Crippen molar-refractivity contribution in [1.82, 2.24) is 0 Å². The van der Waals surface area contributed by atoms with Crippen LogP contribution in [0.15, 0.2) is 24.3 Å². The number of nitrogens with one attached hydrogen (secondary N) is 1. The van der Waals surface area contributed by atoms with Crippen LogP contribution in [0.4, 0.5) is 5.69 Å². The Kier molecular flexibility index (Phi) is 6.54. The monoisotopic (exact) mass is 391 g/mol. The minimum absolute atomic E-state index is 0.0265. The van der Waals surface area contributed by atoms with E-state index in [9.17, 15) is 18.0 Å². The standard InChI is InChI=1S/C15H18ClNO5S2/c1-10(15(19)17-12-4-2-11(16)3-5-12)22-14(18)8-23-13-6-7-24(20,21)9-13/h2-5,10,13H,6-9H2,1H3,(H,17,19)/t10-,13+/m1/s1. The molecule has 1 N–H and O–H groups in total. The van der Waals surface area contributed by atoms with Crippen LogP contribution >= 0.6 is 23.4 Å². The van der Waals surface area contributed by atoms with Crippen molar-refractivity contribution in [3.8, 4) is 0 Å². The first-order valence-corrected chi connectivity index (χ1v) is 10.6. The van der Waals surface area contributed by atoms with E-state index in [4.69, 9.17) is 16.3 Å². The van der Waals surface area contributed by atoms with Gasteiger partial charge >= 0.3 is 5.97 Å². The molecule has 132 valence electrons. The van der Waals surface area contributed by atoms with Crippen molar-refractivity contribution in [3.05, 3.63) is 29.3 Å². The van der Waals surface area contributed by atoms with Crippen LogP contribution in [0.3, 0.4) is 0 Å². The van der Waals surface area contributed by atoms with E-state index in [-0.39, 0.29) is 22.5 Å². The number of esters is 1. The predicted molar refractivity (Wildman–Crippen MR) is 95.2 cm³/mol. The summed E-state index contributed by atoms with van der Waals surface area (Å²) in [5.41, 5.74) is 0.554. The van der Waals surface area contributed by atoms with Crippen LogP contribution in [0.2, 0.25) is 5.02 Å². The highest BCUT2D eigenvalue weighted by molar-refractivity contribution is 8.02. The Labute approximate surface area is 150 Å². The zero-order valence-electron chi connectivity index (χ0n) is 13.0. The van der Waals surface area contributed by atoms with Gasteiger partial charge in [0.1, 0.15) is 0 Å². The van der Waals surface area contributed by atoms with Crippen molar-refractivity contribution in [2.24, 2.45) is 0 Å². The Balaban J connectivity index is 1.74. The first-order chi connectivity index (χ1) is 11.2. The summed E-state index contributed by atoms with van der Waals surface area (Å²) in [6, 6.07) is 6.57. The highest BCUT2D eigenvalue weighted by Gasteiger charge is 2.29. The lowest BCUT2D eigenvalue weighted by molar-refractivity contribution is -0.150. The first-order valence-electron chi connectivity index (χ1n) is 7.33. The Bertz CT molecular complexity index is 705. The molecule has 0 aromatic heterocycles. The van der Waals surface area contributed by atoms with Crippen LogP contribution in [0, 0.1) is 0 Å². The van der Waals surface area contributed by atoms with Crippen molar-refractivity contribution in [3.63, 3.8) is 0 Å². The molecule has 2 atom stereocenters. The topological polar surface area (TPSA) is 89.5 Å². The van der Waals surface area contributed by atoms with E-state index in [1.54, 1.807) is 24.3 Å². The van der Waals surface area contributed by atoms with Crippen molar-refractivity contribution in [2.75, 3.05) is 22.6 Å². The number of hydrogen-bond acceptors (Lipinski definition) is 6. The summed E-state index contributed by atoms with van der Waals surface area (Å²) in [4.78, 5) is 23.8. The number of hydrogen-bond donors (Lipinski definition) is 1. The first kappa shape index (κ1) is 19.1. The molecule has 0 spiro atoms. The van der Waals surface area contributed by atoms with Gasteiger partial charge in [-0.15, -0.1) is 11.8 Å². The van der Waals surface area contributed by atoms with Crippen LogP contribution in [0.5, 0.6) is 0 Å². The molecule has 1 aromatic rings. The molecule has 0 radical (unpaired) electrons. The van der Waals surface area contributed by atoms with Gasteiger partial charge in [-0.25, -0.2) is 8.42 Å². The molecule has 1 aromatic carbocycles. The molecule has 0 unspecified atom stereocenters. The van der Waals surface area contributed by atoms with Crippen molar-refractivity contribution < 1.29 is 22.7 Å². The second-order valence-corrected chi connectivity index (χ2v) is 9.42. The molecular formula is C15H18ClNO5S2. The van der Waals surface area contributed by atoms with Gasteiger partial charge in [0.05, 0.1) is 17.3 Å². The van der Waals surface area contributed by atoms with Gasteiger partial charge in [0.15, 0.2) is 15.9 Å². The minimum Gasteiger partial charge on any atom is -0.452 e. The van der Waals surface area contributed by atoms with Crippen molar-refractivity contribution in [1.29, 1.82) is 0 Å². The van der Waals surface area contributed by atoms with E-state index < -0.39 is 27.8 Å². The lowest BCUT2D eigenvalue weighted by Gasteiger charge is -2.14. The summed E-state index contributed by atoms with van der Waals surface area (Å²) in [6.45, 7) is 1.48. The average molecular weight is 392 g/mol. The minimum atomic E-state index is -2.96. The van der Waals surface area contributed by atoms with Gasteiger partial charge in [-0.05, 0) is 37.6 Å². The number of carbonyl (C=O) groups excluding carboxylic acids is 2. The average Bonchev–Trinajstić information content (AvgIpc) is 2.86. The number of ether oxygens (including phenoxy) is 1. The zero-order chi connectivity index (χ0) is 17.7. The number of carbonyl (C=O) groups is 2. The summed E-state index contributed by atoms with van der Waals surface area (Å²) >= 11 is 7.02. The summed E-state index contributed by atoms with van der Waals surface area (Å²) in [7, 11) is -2.96. The number of halogens is 1. The summed E-state index contributed by atoms with van der Waals surface area (Å²) in [5.74, 6) is -0.696. The number of rotatable bonds is 6. The quantitative estimate of drug-likeness (QED) is 0.747. The molecule has 9 heteroatoms. The Morgan fingerprint density at radius 1 is 1.38 bits per heavy atom. The Morgan fingerprint density at radius 2 is 2.04 bits per heavy atom. The van der Waals surface area contributed by atoms with Gasteiger partial charge < -0.3 is 10.1 Å². The molecular weight excluding hydrogens is 374 g/mol. The molecule has 24 heavy (non-hydrogen) atoms. The van der Waals surface area contributed by atoms with Gasteiger partial charge in [-0.1, -0.05) is 11.6 Å². The molecule has 1 saturated heterocycles. The molecule has 0 bridgehead atoms. The fourth-order valence-corrected chi connectivity index (χ4v) is 5.69. The molecule has 2 rings (SSSR count). The molecule has 1 fully saturated rings. The highest BCUT2D eigenvalue weighted by Crippen LogP contribution is 2.24. The molecule has 6 nitrogen and oxygen atoms in total. The number of amides is 1. The van der Waals surface area contributed by atoms with E-state index in [1.165, 1.54) is 18.7 Å². The maximum absolute atomic E-state index is 12.0. The summed E-state index contributed by atoms with van der Waals surface area (Å²) in [5, 5.41) is 3.09. The third-order valence-corrected chi connectivity index (χ3v) is 6.92. The van der Waals surface area contributed by atoms with Crippen LogP contribution < -0.4 is 5.32 Å². The molecule has 0 saturated carbocycles. The molecule has 0 aliphatic carbocycles. The smallest absolute Gasteiger partial charge is 0.316 e. The fourth-order valence-electron chi connectivity index (χ4n) is 2.14. The Morgan fingerprint density at radius 3 is 2.62 bits per heavy atom. The second kappa shape index (κ2) is 8.22. The summed E-state index contributed by atoms with van der Waals surface area (Å²) < 4.78 is 27.8. The van der Waals surface area contributed by atoms with Gasteiger partial charge in [0.2, 0.25) is 0 Å². The lowest BCUT2D eigenvalue weighted by atomic mass is 10.3. The van der Waals surface area contributed by atoms with Crippen LogP contribution in [-0.2, 0) is 24.2 Å². The largest absolute Gasteiger partial charge is 0.452 e. The summed E-state index contributed by atoms with van der Waals surface area (Å²) in [6.07, 6.45) is -0.395. The van der Waals surface area contributed by atoms with Crippen molar-refractivity contribution >= 4 is 50.8 Å². The molecule has 1 amide bonds. The fraction of sp³-hybridized carbons (Fsp3) is 0.467. The highest BCUT2D eigenvalue weighted by atomic mass is 35.5. The van der Waals surface area contributed by atoms with Crippen molar-refractivity contribution in [2.45, 2.75) is 24.7 Å². The predicted octanol–water partition coefficient (Wildman–Crippen LogP) is 2.13. The van der Waals surface area contributed by atoms with Crippen LogP contribution in [0.25, 0.3) is 0 Å². The third kappa shape index (κ3) is 5.99. The van der Waals surface area contributed by atoms with Crippen LogP contribution in [0.1, 0.15) is 13.3 Å². The molecule has 1 aliphatic rings. The zero-order valence-corrected chi connectivity index (χ0v) is 15.4. The maximum atomic E-state index is 12.0. The Hall–Kier alpha value is -1.25. The van der Waals surface area contributed by atoms with Gasteiger partial charge in [0, 0.05) is 16.0 Å². The van der Waals surface area contributed by atoms with E-state index >= 15 is 0 Å².